The maximum Gasteiger partial charge on any atom is 0.248 e. The Morgan fingerprint density at radius 3 is 3.12 bits per heavy atom. The van der Waals surface area contributed by atoms with E-state index in [0.29, 0.717) is 12.8 Å². The summed E-state index contributed by atoms with van der Waals surface area (Å²) in [6.07, 6.45) is 2.15. The predicted molar refractivity (Wildman–Crippen MR) is 53.1 cm³/mol. The van der Waals surface area contributed by atoms with Crippen LogP contribution in [0.4, 0.5) is 5.82 Å². The SMILES string of the molecule is N#Cc1cn[nH]c1NC(=O)C1CCC(=O)N1. The molecule has 0 bridgehead atoms. The van der Waals surface area contributed by atoms with Gasteiger partial charge in [-0.05, 0) is 6.42 Å². The van der Waals surface area contributed by atoms with Crippen LogP contribution in [-0.4, -0.2) is 28.1 Å². The summed E-state index contributed by atoms with van der Waals surface area (Å²) in [5.41, 5.74) is 0.262. The first-order valence-corrected chi connectivity index (χ1v) is 4.74. The van der Waals surface area contributed by atoms with Gasteiger partial charge in [-0.25, -0.2) is 0 Å². The van der Waals surface area contributed by atoms with Crippen molar-refractivity contribution in [3.05, 3.63) is 11.8 Å². The van der Waals surface area contributed by atoms with Crippen LogP contribution < -0.4 is 10.6 Å². The molecule has 0 aromatic carbocycles. The third kappa shape index (κ3) is 1.86. The van der Waals surface area contributed by atoms with Gasteiger partial charge in [-0.2, -0.15) is 10.4 Å². The number of amides is 2. The highest BCUT2D eigenvalue weighted by Gasteiger charge is 2.27. The van der Waals surface area contributed by atoms with E-state index in [1.807, 2.05) is 6.07 Å². The molecule has 1 unspecified atom stereocenters. The van der Waals surface area contributed by atoms with Gasteiger partial charge in [0.1, 0.15) is 23.5 Å². The Balaban J connectivity index is 2.03. The molecule has 0 aliphatic carbocycles. The van der Waals surface area contributed by atoms with Crippen molar-refractivity contribution in [1.29, 1.82) is 5.26 Å². The fourth-order valence-electron chi connectivity index (χ4n) is 1.49. The number of aromatic amines is 1. The highest BCUT2D eigenvalue weighted by Crippen LogP contribution is 2.12. The number of nitriles is 1. The highest BCUT2D eigenvalue weighted by atomic mass is 16.2. The Labute approximate surface area is 90.8 Å². The van der Waals surface area contributed by atoms with E-state index in [2.05, 4.69) is 20.8 Å². The molecule has 0 spiro atoms. The molecule has 2 rings (SSSR count). The lowest BCUT2D eigenvalue weighted by molar-refractivity contribution is -0.122. The molecule has 1 aliphatic rings. The molecule has 7 nitrogen and oxygen atoms in total. The summed E-state index contributed by atoms with van der Waals surface area (Å²) >= 11 is 0. The standard InChI is InChI=1S/C9H9N5O2/c10-3-5-4-11-14-8(5)13-9(16)6-1-2-7(15)12-6/h4,6H,1-2H2,(H,12,15)(H2,11,13,14,16). The third-order valence-electron chi connectivity index (χ3n) is 2.32. The predicted octanol–water partition coefficient (Wildman–Crippen LogP) is -0.502. The zero-order valence-electron chi connectivity index (χ0n) is 8.28. The Kier molecular flexibility index (Phi) is 2.55. The first-order valence-electron chi connectivity index (χ1n) is 4.74. The van der Waals surface area contributed by atoms with Gasteiger partial charge in [-0.1, -0.05) is 0 Å². The summed E-state index contributed by atoms with van der Waals surface area (Å²) in [5, 5.41) is 19.9. The Morgan fingerprint density at radius 1 is 1.69 bits per heavy atom. The molecule has 1 atom stereocenters. The molecule has 82 valence electrons. The van der Waals surface area contributed by atoms with Crippen molar-refractivity contribution in [2.24, 2.45) is 0 Å². The van der Waals surface area contributed by atoms with E-state index in [-0.39, 0.29) is 23.2 Å². The fourth-order valence-corrected chi connectivity index (χ4v) is 1.49. The maximum atomic E-state index is 11.6. The van der Waals surface area contributed by atoms with Crippen LogP contribution in [0.3, 0.4) is 0 Å². The summed E-state index contributed by atoms with van der Waals surface area (Å²) in [4.78, 5) is 22.6. The lowest BCUT2D eigenvalue weighted by Gasteiger charge is -2.09. The molecule has 1 aliphatic heterocycles. The molecular formula is C9H9N5O2. The van der Waals surface area contributed by atoms with E-state index in [1.165, 1.54) is 6.20 Å². The molecular weight excluding hydrogens is 210 g/mol. The number of H-pyrrole nitrogens is 1. The van der Waals surface area contributed by atoms with Crippen LogP contribution in [0, 0.1) is 11.3 Å². The summed E-state index contributed by atoms with van der Waals surface area (Å²) in [6.45, 7) is 0. The highest BCUT2D eigenvalue weighted by molar-refractivity contribution is 5.99. The number of rotatable bonds is 2. The summed E-state index contributed by atoms with van der Waals surface area (Å²) in [7, 11) is 0. The number of aromatic nitrogens is 2. The molecule has 0 saturated carbocycles. The number of nitrogens with zero attached hydrogens (tertiary/aromatic N) is 2. The molecule has 2 heterocycles. The molecule has 1 aromatic rings. The van der Waals surface area contributed by atoms with E-state index in [4.69, 9.17) is 5.26 Å². The van der Waals surface area contributed by atoms with Crippen molar-refractivity contribution in [2.75, 3.05) is 5.32 Å². The summed E-state index contributed by atoms with van der Waals surface area (Å²) in [5.74, 6) is -0.217. The van der Waals surface area contributed by atoms with Crippen molar-refractivity contribution in [3.63, 3.8) is 0 Å². The normalized spacial score (nSPS) is 18.9. The van der Waals surface area contributed by atoms with Gasteiger partial charge in [0, 0.05) is 6.42 Å². The van der Waals surface area contributed by atoms with Crippen molar-refractivity contribution < 1.29 is 9.59 Å². The van der Waals surface area contributed by atoms with E-state index in [0.717, 1.165) is 0 Å². The van der Waals surface area contributed by atoms with Crippen LogP contribution in [0.2, 0.25) is 0 Å². The number of nitrogens with one attached hydrogen (secondary N) is 3. The van der Waals surface area contributed by atoms with E-state index < -0.39 is 6.04 Å². The Bertz CT molecular complexity index is 472. The van der Waals surface area contributed by atoms with Gasteiger partial charge in [0.25, 0.3) is 0 Å². The quantitative estimate of drug-likeness (QED) is 0.622. The summed E-state index contributed by atoms with van der Waals surface area (Å²) in [6, 6.07) is 1.36. The zero-order valence-corrected chi connectivity index (χ0v) is 8.28. The van der Waals surface area contributed by atoms with Gasteiger partial charge in [0.15, 0.2) is 0 Å². The largest absolute Gasteiger partial charge is 0.344 e. The molecule has 1 fully saturated rings. The number of carbonyl (C=O) groups excluding carboxylic acids is 2. The molecule has 1 aromatic heterocycles. The van der Waals surface area contributed by atoms with Crippen molar-refractivity contribution in [1.82, 2.24) is 15.5 Å². The maximum absolute atomic E-state index is 11.6. The van der Waals surface area contributed by atoms with E-state index in [9.17, 15) is 9.59 Å². The molecule has 7 heteroatoms. The number of hydrogen-bond acceptors (Lipinski definition) is 4. The minimum Gasteiger partial charge on any atom is -0.344 e. The number of anilines is 1. The van der Waals surface area contributed by atoms with Crippen molar-refractivity contribution in [2.45, 2.75) is 18.9 Å². The zero-order chi connectivity index (χ0) is 11.5. The first-order chi connectivity index (χ1) is 7.70. The minimum absolute atomic E-state index is 0.134. The van der Waals surface area contributed by atoms with E-state index >= 15 is 0 Å². The number of carbonyl (C=O) groups is 2. The lowest BCUT2D eigenvalue weighted by Crippen LogP contribution is -2.37. The van der Waals surface area contributed by atoms with Crippen molar-refractivity contribution in [3.8, 4) is 6.07 Å². The van der Waals surface area contributed by atoms with Crippen LogP contribution >= 0.6 is 0 Å². The molecule has 16 heavy (non-hydrogen) atoms. The average Bonchev–Trinajstić information content (AvgIpc) is 2.86. The molecule has 3 N–H and O–H groups in total. The van der Waals surface area contributed by atoms with Crippen LogP contribution in [0.1, 0.15) is 18.4 Å². The number of hydrogen-bond donors (Lipinski definition) is 3. The van der Waals surface area contributed by atoms with Crippen LogP contribution in [0.15, 0.2) is 6.20 Å². The molecule has 0 radical (unpaired) electrons. The van der Waals surface area contributed by atoms with Gasteiger partial charge in [-0.3, -0.25) is 14.7 Å². The average molecular weight is 219 g/mol. The second-order valence-corrected chi connectivity index (χ2v) is 3.42. The molecule has 1 saturated heterocycles. The first kappa shape index (κ1) is 10.2. The monoisotopic (exact) mass is 219 g/mol. The Hall–Kier alpha value is -2.36. The van der Waals surface area contributed by atoms with Gasteiger partial charge < -0.3 is 10.6 Å². The van der Waals surface area contributed by atoms with Gasteiger partial charge in [0.05, 0.1) is 6.20 Å². The fraction of sp³-hybridized carbons (Fsp3) is 0.333. The summed E-state index contributed by atoms with van der Waals surface area (Å²) < 4.78 is 0. The smallest absolute Gasteiger partial charge is 0.248 e. The van der Waals surface area contributed by atoms with Gasteiger partial charge >= 0.3 is 0 Å². The second kappa shape index (κ2) is 4.02. The topological polar surface area (TPSA) is 111 Å². The lowest BCUT2D eigenvalue weighted by atomic mass is 10.2. The second-order valence-electron chi connectivity index (χ2n) is 3.42. The van der Waals surface area contributed by atoms with Crippen LogP contribution in [0.5, 0.6) is 0 Å². The van der Waals surface area contributed by atoms with E-state index in [1.54, 1.807) is 0 Å². The van der Waals surface area contributed by atoms with Crippen LogP contribution in [0.25, 0.3) is 0 Å². The van der Waals surface area contributed by atoms with Gasteiger partial charge in [0.2, 0.25) is 11.8 Å². The van der Waals surface area contributed by atoms with Crippen LogP contribution in [-0.2, 0) is 9.59 Å². The minimum atomic E-state index is -0.526. The van der Waals surface area contributed by atoms with Gasteiger partial charge in [-0.15, -0.1) is 0 Å². The third-order valence-corrected chi connectivity index (χ3v) is 2.32. The Morgan fingerprint density at radius 2 is 2.50 bits per heavy atom. The molecule has 2 amide bonds. The van der Waals surface area contributed by atoms with Crippen molar-refractivity contribution >= 4 is 17.6 Å².